The number of thioether (sulfide) groups is 1. The van der Waals surface area contributed by atoms with Crippen LogP contribution in [0.3, 0.4) is 0 Å². The highest BCUT2D eigenvalue weighted by molar-refractivity contribution is 14.2. The minimum Gasteiger partial charge on any atom is -0.376 e. The molecule has 1 aromatic carbocycles. The summed E-state index contributed by atoms with van der Waals surface area (Å²) in [7, 11) is 0. The van der Waals surface area contributed by atoms with Crippen LogP contribution in [0.25, 0.3) is 11.2 Å². The Hall–Kier alpha value is -0.640. The van der Waals surface area contributed by atoms with Crippen molar-refractivity contribution in [2.45, 2.75) is 17.9 Å². The highest BCUT2D eigenvalue weighted by Gasteiger charge is 2.19. The van der Waals surface area contributed by atoms with E-state index in [0.717, 1.165) is 38.8 Å². The lowest BCUT2D eigenvalue weighted by Crippen LogP contribution is -2.21. The number of fused-ring (bicyclic) bond motifs is 1. The van der Waals surface area contributed by atoms with Crippen LogP contribution in [0.4, 0.5) is 11.4 Å². The van der Waals surface area contributed by atoms with Crippen molar-refractivity contribution in [2.24, 2.45) is 0 Å². The number of rotatable bonds is 5. The summed E-state index contributed by atoms with van der Waals surface area (Å²) in [5.74, 6) is 0.926. The number of benzene rings is 1. The number of aromatic nitrogens is 3. The van der Waals surface area contributed by atoms with Crippen LogP contribution >= 0.6 is 51.8 Å². The molecule has 1 aliphatic heterocycles. The van der Waals surface area contributed by atoms with Gasteiger partial charge in [0.1, 0.15) is 22.6 Å². The Balaban J connectivity index is 1.71. The van der Waals surface area contributed by atoms with Gasteiger partial charge in [-0.2, -0.15) is 0 Å². The number of anilines is 2. The maximum atomic E-state index is 6.30. The summed E-state index contributed by atoms with van der Waals surface area (Å²) in [4.78, 5) is 10.3. The first kappa shape index (κ1) is 20.6. The van der Waals surface area contributed by atoms with Crippen molar-refractivity contribution >= 4 is 74.3 Å². The van der Waals surface area contributed by atoms with Crippen LogP contribution in [-0.2, 0) is 9.47 Å². The van der Waals surface area contributed by atoms with E-state index in [2.05, 4.69) is 61.1 Å². The summed E-state index contributed by atoms with van der Waals surface area (Å²) in [6, 6.07) is 8.14. The Bertz CT molecular complexity index is 1010. The number of hydrogen-bond donors (Lipinski definition) is 1. The normalized spacial score (nSPS) is 17.6. The van der Waals surface area contributed by atoms with Gasteiger partial charge in [-0.25, -0.2) is 9.97 Å². The van der Waals surface area contributed by atoms with Gasteiger partial charge in [-0.1, -0.05) is 17.7 Å². The van der Waals surface area contributed by atoms with Crippen LogP contribution in [0.2, 0.25) is 5.15 Å². The van der Waals surface area contributed by atoms with Gasteiger partial charge in [-0.15, -0.1) is 11.8 Å². The van der Waals surface area contributed by atoms with Gasteiger partial charge in [-0.3, -0.25) is 4.34 Å². The van der Waals surface area contributed by atoms with Crippen molar-refractivity contribution in [1.29, 1.82) is 0 Å². The van der Waals surface area contributed by atoms with Gasteiger partial charge in [0.2, 0.25) is 0 Å². The molecule has 0 radical (unpaired) electrons. The molecule has 2 unspecified atom stereocenters. The molecular formula is C18H19ClIN4O2PS. The van der Waals surface area contributed by atoms with Crippen LogP contribution in [0, 0.1) is 6.92 Å². The second kappa shape index (κ2) is 9.02. The first-order valence-electron chi connectivity index (χ1n) is 8.67. The Morgan fingerprint density at radius 3 is 2.86 bits per heavy atom. The fraction of sp³-hybridized carbons (Fsp3) is 0.333. The predicted octanol–water partition coefficient (Wildman–Crippen LogP) is 5.74. The van der Waals surface area contributed by atoms with Crippen molar-refractivity contribution < 1.29 is 9.47 Å². The molecule has 2 aromatic heterocycles. The SMILES string of the molecule is CSc1cc(C2COCCO2)ccc1Nc1cc(Cl)nc2c1nc(C)n2PI. The van der Waals surface area contributed by atoms with E-state index in [4.69, 9.17) is 26.1 Å². The number of halogens is 2. The zero-order valence-electron chi connectivity index (χ0n) is 15.3. The third-order valence-corrected chi connectivity index (χ3v) is 7.64. The number of hydrogen-bond acceptors (Lipinski definition) is 6. The lowest BCUT2D eigenvalue weighted by atomic mass is 10.1. The predicted molar refractivity (Wildman–Crippen MR) is 126 cm³/mol. The molecule has 3 aromatic rings. The average molecular weight is 549 g/mol. The van der Waals surface area contributed by atoms with E-state index >= 15 is 0 Å². The fourth-order valence-electron chi connectivity index (χ4n) is 3.16. The third-order valence-electron chi connectivity index (χ3n) is 4.52. The average Bonchev–Trinajstić information content (AvgIpc) is 3.04. The van der Waals surface area contributed by atoms with E-state index in [1.807, 2.05) is 13.0 Å². The molecule has 148 valence electrons. The zero-order valence-corrected chi connectivity index (χ0v) is 20.1. The molecule has 1 fully saturated rings. The fourth-order valence-corrected chi connectivity index (χ4v) is 6.08. The number of imidazole rings is 1. The molecule has 1 saturated heterocycles. The monoisotopic (exact) mass is 548 g/mol. The Kier molecular flexibility index (Phi) is 6.64. The lowest BCUT2D eigenvalue weighted by molar-refractivity contribution is -0.0902. The quantitative estimate of drug-likeness (QED) is 0.190. The molecule has 2 atom stereocenters. The van der Waals surface area contributed by atoms with Crippen LogP contribution in [-0.4, -0.2) is 40.4 Å². The molecule has 1 aliphatic rings. The molecule has 10 heteroatoms. The second-order valence-electron chi connectivity index (χ2n) is 6.26. The molecule has 0 spiro atoms. The van der Waals surface area contributed by atoms with Crippen molar-refractivity contribution in [3.05, 3.63) is 40.8 Å². The van der Waals surface area contributed by atoms with E-state index in [9.17, 15) is 0 Å². The molecule has 0 aliphatic carbocycles. The van der Waals surface area contributed by atoms with Crippen molar-refractivity contribution in [1.82, 2.24) is 14.3 Å². The largest absolute Gasteiger partial charge is 0.376 e. The van der Waals surface area contributed by atoms with Gasteiger partial charge in [0.25, 0.3) is 0 Å². The molecular weight excluding hydrogens is 530 g/mol. The molecule has 4 rings (SSSR count). The van der Waals surface area contributed by atoms with Gasteiger partial charge in [0, 0.05) is 11.0 Å². The maximum Gasteiger partial charge on any atom is 0.167 e. The lowest BCUT2D eigenvalue weighted by Gasteiger charge is -2.24. The minimum atomic E-state index is -0.0150. The number of aryl methyl sites for hydroxylation is 1. The zero-order chi connectivity index (χ0) is 19.7. The number of pyridine rings is 1. The smallest absolute Gasteiger partial charge is 0.167 e. The van der Waals surface area contributed by atoms with Gasteiger partial charge in [-0.05, 0) is 52.9 Å². The summed E-state index contributed by atoms with van der Waals surface area (Å²) in [6.07, 6.45) is 2.56. The molecule has 1 N–H and O–H groups in total. The van der Waals surface area contributed by atoms with Gasteiger partial charge in [0.15, 0.2) is 5.65 Å². The summed E-state index contributed by atoms with van der Waals surface area (Å²) in [6.45, 7) is 3.87. The van der Waals surface area contributed by atoms with Crippen LogP contribution in [0.5, 0.6) is 0 Å². The topological polar surface area (TPSA) is 61.2 Å². The first-order chi connectivity index (χ1) is 13.6. The summed E-state index contributed by atoms with van der Waals surface area (Å²) in [5, 5.41) is 3.95. The summed E-state index contributed by atoms with van der Waals surface area (Å²) >= 11 is 10.3. The molecule has 0 saturated carbocycles. The molecule has 3 heterocycles. The van der Waals surface area contributed by atoms with Crippen molar-refractivity contribution in [3.63, 3.8) is 0 Å². The van der Waals surface area contributed by atoms with Crippen LogP contribution in [0.1, 0.15) is 17.5 Å². The molecule has 6 nitrogen and oxygen atoms in total. The van der Waals surface area contributed by atoms with Crippen LogP contribution in [0.15, 0.2) is 29.2 Å². The number of nitrogens with one attached hydrogen (secondary N) is 1. The molecule has 0 bridgehead atoms. The molecule has 0 amide bonds. The van der Waals surface area contributed by atoms with E-state index in [0.29, 0.717) is 31.3 Å². The highest BCUT2D eigenvalue weighted by atomic mass is 127. The van der Waals surface area contributed by atoms with E-state index in [1.165, 1.54) is 0 Å². The maximum absolute atomic E-state index is 6.30. The Morgan fingerprint density at radius 2 is 2.14 bits per heavy atom. The van der Waals surface area contributed by atoms with Crippen molar-refractivity contribution in [2.75, 3.05) is 31.4 Å². The first-order valence-corrected chi connectivity index (χ1v) is 14.3. The third kappa shape index (κ3) is 4.13. The van der Waals surface area contributed by atoms with Gasteiger partial charge < -0.3 is 14.8 Å². The standard InChI is InChI=1S/C18H19ClIN4O2PS/c1-10-21-17-13(8-16(19)23-18(17)24(10)27-20)22-12-4-3-11(7-15(12)28-2)14-9-25-5-6-26-14/h3-4,7-8,14,27H,5-6,9H2,1-2H3,(H,22,23). The van der Waals surface area contributed by atoms with E-state index in [-0.39, 0.29) is 6.10 Å². The van der Waals surface area contributed by atoms with Gasteiger partial charge >= 0.3 is 0 Å². The number of ether oxygens (including phenoxy) is 2. The molecule has 28 heavy (non-hydrogen) atoms. The van der Waals surface area contributed by atoms with E-state index in [1.54, 1.807) is 11.8 Å². The Morgan fingerprint density at radius 1 is 1.29 bits per heavy atom. The van der Waals surface area contributed by atoms with E-state index < -0.39 is 0 Å². The highest BCUT2D eigenvalue weighted by Crippen LogP contribution is 2.37. The minimum absolute atomic E-state index is 0.0150. The summed E-state index contributed by atoms with van der Waals surface area (Å²) in [5.41, 5.74) is 4.60. The number of nitrogens with zero attached hydrogens (tertiary/aromatic N) is 3. The van der Waals surface area contributed by atoms with Crippen LogP contribution < -0.4 is 5.32 Å². The van der Waals surface area contributed by atoms with Gasteiger partial charge in [0.05, 0.1) is 37.6 Å². The summed E-state index contributed by atoms with van der Waals surface area (Å²) < 4.78 is 13.4. The van der Waals surface area contributed by atoms with Crippen molar-refractivity contribution in [3.8, 4) is 0 Å². The second-order valence-corrected chi connectivity index (χ2v) is 9.56. The Labute approximate surface area is 187 Å².